The first-order valence-corrected chi connectivity index (χ1v) is 3.73. The summed E-state index contributed by atoms with van der Waals surface area (Å²) in [6.45, 7) is 0.268. The average Bonchev–Trinajstić information content (AvgIpc) is 2.65. The quantitative estimate of drug-likeness (QED) is 0.501. The van der Waals surface area contributed by atoms with Crippen LogP contribution >= 0.6 is 12.4 Å². The predicted molar refractivity (Wildman–Crippen MR) is 47.7 cm³/mol. The van der Waals surface area contributed by atoms with Gasteiger partial charge in [-0.3, -0.25) is 0 Å². The van der Waals surface area contributed by atoms with E-state index in [2.05, 4.69) is 15.0 Å². The van der Waals surface area contributed by atoms with Crippen molar-refractivity contribution in [3.8, 4) is 0 Å². The minimum atomic E-state index is -1.48. The second-order valence-corrected chi connectivity index (χ2v) is 2.59. The molecule has 1 fully saturated rings. The zero-order chi connectivity index (χ0) is 9.90. The van der Waals surface area contributed by atoms with Crippen molar-refractivity contribution in [1.82, 2.24) is 5.48 Å². The van der Waals surface area contributed by atoms with E-state index < -0.39 is 17.5 Å². The van der Waals surface area contributed by atoms with Crippen molar-refractivity contribution in [3.05, 3.63) is 0 Å². The lowest BCUT2D eigenvalue weighted by Crippen LogP contribution is -2.55. The summed E-state index contributed by atoms with van der Waals surface area (Å²) in [5, 5.41) is 0. The van der Waals surface area contributed by atoms with Crippen molar-refractivity contribution >= 4 is 24.3 Å². The Bertz CT molecular complexity index is 208. The third kappa shape index (κ3) is 1.97. The number of hydrogen-bond acceptors (Lipinski definition) is 6. The second-order valence-electron chi connectivity index (χ2n) is 2.59. The van der Waals surface area contributed by atoms with Crippen LogP contribution in [-0.4, -0.2) is 38.3 Å². The molecule has 1 rings (SSSR count). The molecule has 1 heterocycles. The van der Waals surface area contributed by atoms with Crippen LogP contribution in [0.25, 0.3) is 0 Å². The summed E-state index contributed by atoms with van der Waals surface area (Å²) in [5.41, 5.74) is 0.840. The Balaban J connectivity index is 0.00000169. The number of halogens is 1. The van der Waals surface area contributed by atoms with Crippen LogP contribution in [0, 0.1) is 0 Å². The maximum Gasteiger partial charge on any atom is 0.340 e. The number of hydrogen-bond donors (Lipinski definition) is 1. The fraction of sp³-hybridized carbons (Fsp3) is 0.714. The summed E-state index contributed by atoms with van der Waals surface area (Å²) in [6, 6.07) is 0. The van der Waals surface area contributed by atoms with E-state index in [1.54, 1.807) is 0 Å². The van der Waals surface area contributed by atoms with Gasteiger partial charge in [0.1, 0.15) is 0 Å². The Morgan fingerprint density at radius 2 is 1.79 bits per heavy atom. The Morgan fingerprint density at radius 1 is 1.29 bits per heavy atom. The first kappa shape index (κ1) is 13.2. The highest BCUT2D eigenvalue weighted by Gasteiger charge is 2.51. The molecular formula is C7H12ClNO5. The standard InChI is InChI=1S/C7H11NO5.ClH/c1-11-5(9)7(6(10)12-2)3-4-13-8-7;/h8H,3-4H2,1-2H3;1H. The van der Waals surface area contributed by atoms with Crippen LogP contribution in [0.15, 0.2) is 0 Å². The van der Waals surface area contributed by atoms with Crippen molar-refractivity contribution in [2.75, 3.05) is 20.8 Å². The van der Waals surface area contributed by atoms with Gasteiger partial charge < -0.3 is 14.3 Å². The molecule has 0 aromatic rings. The molecule has 6 nitrogen and oxygen atoms in total. The molecule has 1 N–H and O–H groups in total. The van der Waals surface area contributed by atoms with Gasteiger partial charge in [0, 0.05) is 6.42 Å². The van der Waals surface area contributed by atoms with Crippen LogP contribution in [0.3, 0.4) is 0 Å². The van der Waals surface area contributed by atoms with Crippen LogP contribution in [0.2, 0.25) is 0 Å². The number of methoxy groups -OCH3 is 2. The van der Waals surface area contributed by atoms with Gasteiger partial charge in [0.2, 0.25) is 5.54 Å². The largest absolute Gasteiger partial charge is 0.467 e. The number of carbonyl (C=O) groups is 2. The van der Waals surface area contributed by atoms with Crippen molar-refractivity contribution in [2.24, 2.45) is 0 Å². The van der Waals surface area contributed by atoms with Gasteiger partial charge >= 0.3 is 11.9 Å². The monoisotopic (exact) mass is 225 g/mol. The summed E-state index contributed by atoms with van der Waals surface area (Å²) in [4.78, 5) is 27.3. The third-order valence-electron chi connectivity index (χ3n) is 1.89. The topological polar surface area (TPSA) is 73.9 Å². The molecule has 0 aliphatic carbocycles. The van der Waals surface area contributed by atoms with Crippen molar-refractivity contribution in [2.45, 2.75) is 12.0 Å². The Labute approximate surface area is 87.2 Å². The van der Waals surface area contributed by atoms with Crippen molar-refractivity contribution in [1.29, 1.82) is 0 Å². The molecule has 0 aromatic heterocycles. The third-order valence-corrected chi connectivity index (χ3v) is 1.89. The van der Waals surface area contributed by atoms with Crippen molar-refractivity contribution in [3.63, 3.8) is 0 Å². The molecule has 1 saturated heterocycles. The number of carbonyl (C=O) groups excluding carboxylic acids is 2. The summed E-state index contributed by atoms with van der Waals surface area (Å²) in [7, 11) is 2.40. The predicted octanol–water partition coefficient (Wildman–Crippen LogP) is -0.582. The van der Waals surface area contributed by atoms with E-state index in [1.807, 2.05) is 0 Å². The highest BCUT2D eigenvalue weighted by atomic mass is 35.5. The van der Waals surface area contributed by atoms with Gasteiger partial charge in [-0.2, -0.15) is 5.48 Å². The fourth-order valence-corrected chi connectivity index (χ4v) is 1.15. The molecule has 7 heteroatoms. The number of nitrogens with one attached hydrogen (secondary N) is 1. The molecule has 0 radical (unpaired) electrons. The zero-order valence-electron chi connectivity index (χ0n) is 7.86. The molecule has 0 atom stereocenters. The van der Waals surface area contributed by atoms with Gasteiger partial charge in [0.25, 0.3) is 0 Å². The Hall–Kier alpha value is -0.850. The first-order chi connectivity index (χ1) is 6.17. The molecule has 1 aliphatic heterocycles. The van der Waals surface area contributed by atoms with E-state index in [0.29, 0.717) is 0 Å². The molecule has 0 unspecified atom stereocenters. The van der Waals surface area contributed by atoms with Gasteiger partial charge in [-0.25, -0.2) is 9.59 Å². The Morgan fingerprint density at radius 3 is 2.07 bits per heavy atom. The smallest absolute Gasteiger partial charge is 0.340 e. The number of hydroxylamine groups is 1. The van der Waals surface area contributed by atoms with Gasteiger partial charge in [-0.05, 0) is 0 Å². The highest BCUT2D eigenvalue weighted by molar-refractivity contribution is 6.04. The van der Waals surface area contributed by atoms with E-state index in [1.165, 1.54) is 14.2 Å². The normalized spacial score (nSPS) is 18.1. The van der Waals surface area contributed by atoms with Gasteiger partial charge in [-0.1, -0.05) is 0 Å². The van der Waals surface area contributed by atoms with E-state index in [4.69, 9.17) is 4.84 Å². The lowest BCUT2D eigenvalue weighted by molar-refractivity contribution is -0.165. The van der Waals surface area contributed by atoms with Crippen LogP contribution in [0.1, 0.15) is 6.42 Å². The minimum Gasteiger partial charge on any atom is -0.467 e. The van der Waals surface area contributed by atoms with Crippen LogP contribution in [-0.2, 0) is 23.9 Å². The number of esters is 2. The molecule has 1 aliphatic rings. The zero-order valence-corrected chi connectivity index (χ0v) is 8.68. The maximum atomic E-state index is 11.3. The molecule has 0 saturated carbocycles. The number of ether oxygens (including phenoxy) is 2. The lowest BCUT2D eigenvalue weighted by Gasteiger charge is -2.20. The molecule has 82 valence electrons. The molecule has 0 spiro atoms. The molecular weight excluding hydrogens is 214 g/mol. The van der Waals surface area contributed by atoms with Gasteiger partial charge in [0.15, 0.2) is 0 Å². The van der Waals surface area contributed by atoms with E-state index >= 15 is 0 Å². The van der Waals surface area contributed by atoms with Crippen LogP contribution < -0.4 is 5.48 Å². The first-order valence-electron chi connectivity index (χ1n) is 3.73. The molecule has 0 amide bonds. The van der Waals surface area contributed by atoms with Crippen LogP contribution in [0.5, 0.6) is 0 Å². The fourth-order valence-electron chi connectivity index (χ4n) is 1.15. The van der Waals surface area contributed by atoms with Crippen molar-refractivity contribution < 1.29 is 23.9 Å². The summed E-state index contributed by atoms with van der Waals surface area (Å²) in [6.07, 6.45) is 0.215. The molecule has 0 aromatic carbocycles. The van der Waals surface area contributed by atoms with Gasteiger partial charge in [-0.15, -0.1) is 12.4 Å². The SMILES string of the molecule is COC(=O)C1(C(=O)OC)CCON1.Cl. The van der Waals surface area contributed by atoms with Crippen LogP contribution in [0.4, 0.5) is 0 Å². The minimum absolute atomic E-state index is 0. The highest BCUT2D eigenvalue weighted by Crippen LogP contribution is 2.19. The van der Waals surface area contributed by atoms with Gasteiger partial charge in [0.05, 0.1) is 20.8 Å². The molecule has 14 heavy (non-hydrogen) atoms. The number of rotatable bonds is 2. The molecule has 0 bridgehead atoms. The second kappa shape index (κ2) is 5.14. The Kier molecular flexibility index (Phi) is 4.82. The summed E-state index contributed by atoms with van der Waals surface area (Å²) < 4.78 is 8.96. The van der Waals surface area contributed by atoms with E-state index in [0.717, 1.165) is 0 Å². The van der Waals surface area contributed by atoms with E-state index in [9.17, 15) is 9.59 Å². The maximum absolute atomic E-state index is 11.3. The average molecular weight is 226 g/mol. The van der Waals surface area contributed by atoms with E-state index in [-0.39, 0.29) is 25.4 Å². The summed E-state index contributed by atoms with van der Waals surface area (Å²) >= 11 is 0. The summed E-state index contributed by atoms with van der Waals surface area (Å²) in [5.74, 6) is -1.39. The lowest BCUT2D eigenvalue weighted by atomic mass is 9.98.